The first-order valence-corrected chi connectivity index (χ1v) is 14.3. The minimum absolute atomic E-state index is 0.0847. The van der Waals surface area contributed by atoms with Crippen molar-refractivity contribution in [2.24, 2.45) is 46.3 Å². The van der Waals surface area contributed by atoms with Gasteiger partial charge < -0.3 is 5.11 Å². The summed E-state index contributed by atoms with van der Waals surface area (Å²) in [7, 11) is 0. The second-order valence-corrected chi connectivity index (χ2v) is 12.8. The molecule has 0 bridgehead atoms. The molecule has 4 rings (SSSR count). The molecule has 7 unspecified atom stereocenters. The first-order valence-electron chi connectivity index (χ1n) is 14.3. The van der Waals surface area contributed by atoms with Gasteiger partial charge in [0.1, 0.15) is 0 Å². The fraction of sp³-hybridized carbons (Fsp3) is 0.871. The van der Waals surface area contributed by atoms with Crippen LogP contribution in [0.5, 0.6) is 0 Å². The van der Waals surface area contributed by atoms with E-state index in [2.05, 4.69) is 53.7 Å². The Morgan fingerprint density at radius 2 is 1.84 bits per heavy atom. The Bertz CT molecular complexity index is 714. The van der Waals surface area contributed by atoms with Crippen molar-refractivity contribution >= 4 is 0 Å². The molecule has 32 heavy (non-hydrogen) atoms. The Hall–Kier alpha value is -0.560. The molecule has 0 spiro atoms. The van der Waals surface area contributed by atoms with E-state index in [0.29, 0.717) is 10.8 Å². The Morgan fingerprint density at radius 1 is 1.09 bits per heavy atom. The van der Waals surface area contributed by atoms with Gasteiger partial charge in [-0.25, -0.2) is 0 Å². The van der Waals surface area contributed by atoms with E-state index in [1.54, 1.807) is 11.1 Å². The number of aliphatic hydroxyl groups is 1. The minimum atomic E-state index is -0.0847. The quantitative estimate of drug-likeness (QED) is 0.392. The summed E-state index contributed by atoms with van der Waals surface area (Å²) in [5.41, 5.74) is 4.28. The standard InChI is InChI=1S/C31H52O/c1-7-22(8-2)23(9-3)11-10-21(4)27-14-15-28-26-13-12-24-20-25(32)16-18-30(24,5)29(26)17-19-31(27,28)6/h9,12,21-22,25-29,32H,7-8,10-11,13-20H2,1-6H3/b23-9-/t21-,25?,26?,27?,28?,29?,30?,31?/m1/s1. The van der Waals surface area contributed by atoms with Gasteiger partial charge in [0.05, 0.1) is 6.10 Å². The summed E-state index contributed by atoms with van der Waals surface area (Å²) < 4.78 is 0. The number of allylic oxidation sites excluding steroid dienone is 3. The van der Waals surface area contributed by atoms with Crippen LogP contribution in [0.1, 0.15) is 119 Å². The van der Waals surface area contributed by atoms with E-state index in [-0.39, 0.29) is 6.10 Å². The second kappa shape index (κ2) is 9.59. The van der Waals surface area contributed by atoms with Gasteiger partial charge in [-0.1, -0.05) is 57.9 Å². The monoisotopic (exact) mass is 440 g/mol. The summed E-state index contributed by atoms with van der Waals surface area (Å²) in [5.74, 6) is 5.25. The van der Waals surface area contributed by atoms with E-state index < -0.39 is 0 Å². The number of hydrogen-bond donors (Lipinski definition) is 1. The molecule has 4 aliphatic carbocycles. The van der Waals surface area contributed by atoms with Crippen LogP contribution in [0, 0.1) is 46.3 Å². The molecule has 0 aromatic heterocycles. The first-order chi connectivity index (χ1) is 15.3. The van der Waals surface area contributed by atoms with Crippen LogP contribution in [0.25, 0.3) is 0 Å². The summed E-state index contributed by atoms with van der Waals surface area (Å²) >= 11 is 0. The maximum absolute atomic E-state index is 10.3. The van der Waals surface area contributed by atoms with E-state index >= 15 is 0 Å². The molecule has 0 amide bonds. The highest BCUT2D eigenvalue weighted by Crippen LogP contribution is 2.67. The summed E-state index contributed by atoms with van der Waals surface area (Å²) in [4.78, 5) is 0. The summed E-state index contributed by atoms with van der Waals surface area (Å²) in [6.07, 6.45) is 20.5. The van der Waals surface area contributed by atoms with Crippen LogP contribution < -0.4 is 0 Å². The van der Waals surface area contributed by atoms with Gasteiger partial charge in [0.2, 0.25) is 0 Å². The van der Waals surface area contributed by atoms with Gasteiger partial charge in [0.15, 0.2) is 0 Å². The molecule has 0 radical (unpaired) electrons. The average molecular weight is 441 g/mol. The molecular formula is C31H52O. The maximum atomic E-state index is 10.3. The number of rotatable bonds is 7. The van der Waals surface area contributed by atoms with Crippen LogP contribution in [0.15, 0.2) is 23.3 Å². The van der Waals surface area contributed by atoms with Crippen LogP contribution in [-0.4, -0.2) is 11.2 Å². The van der Waals surface area contributed by atoms with Crippen LogP contribution in [0.4, 0.5) is 0 Å². The van der Waals surface area contributed by atoms with Gasteiger partial charge in [-0.2, -0.15) is 0 Å². The zero-order chi connectivity index (χ0) is 23.1. The van der Waals surface area contributed by atoms with E-state index in [1.165, 1.54) is 64.2 Å². The molecule has 8 atom stereocenters. The Balaban J connectivity index is 1.46. The molecule has 0 heterocycles. The van der Waals surface area contributed by atoms with Crippen molar-refractivity contribution < 1.29 is 5.11 Å². The van der Waals surface area contributed by atoms with Crippen molar-refractivity contribution in [2.75, 3.05) is 0 Å². The molecular weight excluding hydrogens is 388 g/mol. The molecule has 1 nitrogen and oxygen atoms in total. The minimum Gasteiger partial charge on any atom is -0.393 e. The molecule has 0 aromatic rings. The van der Waals surface area contributed by atoms with Crippen LogP contribution in [0.3, 0.4) is 0 Å². The topological polar surface area (TPSA) is 20.2 Å². The number of fused-ring (bicyclic) bond motifs is 5. The highest BCUT2D eigenvalue weighted by molar-refractivity contribution is 5.25. The van der Waals surface area contributed by atoms with Crippen LogP contribution in [-0.2, 0) is 0 Å². The van der Waals surface area contributed by atoms with E-state index in [0.717, 1.165) is 48.3 Å². The highest BCUT2D eigenvalue weighted by atomic mass is 16.3. The predicted molar refractivity (Wildman–Crippen MR) is 137 cm³/mol. The highest BCUT2D eigenvalue weighted by Gasteiger charge is 2.59. The lowest BCUT2D eigenvalue weighted by Crippen LogP contribution is -2.50. The molecule has 0 saturated heterocycles. The molecule has 182 valence electrons. The molecule has 3 saturated carbocycles. The van der Waals surface area contributed by atoms with Gasteiger partial charge in [-0.15, -0.1) is 0 Å². The van der Waals surface area contributed by atoms with Crippen LogP contribution in [0.2, 0.25) is 0 Å². The van der Waals surface area contributed by atoms with E-state index in [9.17, 15) is 5.11 Å². The average Bonchev–Trinajstić information content (AvgIpc) is 3.14. The lowest BCUT2D eigenvalue weighted by molar-refractivity contribution is -0.0571. The third-order valence-corrected chi connectivity index (χ3v) is 11.6. The van der Waals surface area contributed by atoms with Crippen molar-refractivity contribution in [3.63, 3.8) is 0 Å². The SMILES string of the molecule is C/C=C(/CC[C@@H](C)C1CCC2C3CC=C4CC(O)CCC4(C)C3CCC21C)C(CC)CC. The molecule has 0 aliphatic heterocycles. The van der Waals surface area contributed by atoms with Gasteiger partial charge in [0.25, 0.3) is 0 Å². The largest absolute Gasteiger partial charge is 0.393 e. The first kappa shape index (κ1) is 24.6. The third-order valence-electron chi connectivity index (χ3n) is 11.6. The van der Waals surface area contributed by atoms with Crippen molar-refractivity contribution in [3.05, 3.63) is 23.3 Å². The zero-order valence-corrected chi connectivity index (χ0v) is 22.1. The molecule has 3 fully saturated rings. The molecule has 0 aromatic carbocycles. The fourth-order valence-corrected chi connectivity index (χ4v) is 9.61. The van der Waals surface area contributed by atoms with E-state index in [4.69, 9.17) is 0 Å². The van der Waals surface area contributed by atoms with Gasteiger partial charge >= 0.3 is 0 Å². The number of aliphatic hydroxyl groups excluding tert-OH is 1. The lowest BCUT2D eigenvalue weighted by atomic mass is 9.47. The lowest BCUT2D eigenvalue weighted by Gasteiger charge is -2.58. The predicted octanol–water partition coefficient (Wildman–Crippen LogP) is 8.73. The Labute approximate surface area is 199 Å². The second-order valence-electron chi connectivity index (χ2n) is 12.8. The Morgan fingerprint density at radius 3 is 2.53 bits per heavy atom. The third kappa shape index (κ3) is 4.08. The molecule has 1 heteroatoms. The fourth-order valence-electron chi connectivity index (χ4n) is 9.61. The summed E-state index contributed by atoms with van der Waals surface area (Å²) in [5, 5.41) is 10.3. The van der Waals surface area contributed by atoms with Crippen molar-refractivity contribution in [3.8, 4) is 0 Å². The maximum Gasteiger partial charge on any atom is 0.0577 e. The molecule has 1 N–H and O–H groups in total. The van der Waals surface area contributed by atoms with Crippen molar-refractivity contribution in [1.82, 2.24) is 0 Å². The Kier molecular flexibility index (Phi) is 7.36. The number of hydrogen-bond acceptors (Lipinski definition) is 1. The van der Waals surface area contributed by atoms with Gasteiger partial charge in [-0.05, 0) is 130 Å². The molecule has 4 aliphatic rings. The zero-order valence-electron chi connectivity index (χ0n) is 22.1. The van der Waals surface area contributed by atoms with E-state index in [1.807, 2.05) is 0 Å². The summed E-state index contributed by atoms with van der Waals surface area (Å²) in [6, 6.07) is 0. The normalized spacial score (nSPS) is 42.8. The van der Waals surface area contributed by atoms with Crippen LogP contribution >= 0.6 is 0 Å². The van der Waals surface area contributed by atoms with Gasteiger partial charge in [0, 0.05) is 0 Å². The summed E-state index contributed by atoms with van der Waals surface area (Å²) in [6.45, 7) is 14.8. The smallest absolute Gasteiger partial charge is 0.0577 e. The van der Waals surface area contributed by atoms with Gasteiger partial charge in [-0.3, -0.25) is 0 Å². The van der Waals surface area contributed by atoms with Crippen molar-refractivity contribution in [2.45, 2.75) is 125 Å². The van der Waals surface area contributed by atoms with Crippen molar-refractivity contribution in [1.29, 1.82) is 0 Å².